The molecule has 0 fully saturated rings. The molecule has 0 radical (unpaired) electrons. The highest BCUT2D eigenvalue weighted by Crippen LogP contribution is 2.28. The van der Waals surface area contributed by atoms with Gasteiger partial charge in [0, 0.05) is 18.1 Å². The highest BCUT2D eigenvalue weighted by molar-refractivity contribution is 5.76. The number of nitrogens with zero attached hydrogens (tertiary/aromatic N) is 2. The van der Waals surface area contributed by atoms with Crippen LogP contribution >= 0.6 is 0 Å². The summed E-state index contributed by atoms with van der Waals surface area (Å²) >= 11 is 0. The third-order valence-corrected chi connectivity index (χ3v) is 3.91. The van der Waals surface area contributed by atoms with Gasteiger partial charge < -0.3 is 25.0 Å². The van der Waals surface area contributed by atoms with Crippen LogP contribution in [0.5, 0.6) is 11.5 Å². The Morgan fingerprint density at radius 2 is 1.88 bits per heavy atom. The van der Waals surface area contributed by atoms with Crippen molar-refractivity contribution < 1.29 is 18.8 Å². The number of aromatic nitrogens is 2. The molecule has 1 unspecified atom stereocenters. The topological polar surface area (TPSA) is 112 Å². The fraction of sp³-hybridized carbons (Fsp3) is 0.500. The zero-order valence-electron chi connectivity index (χ0n) is 15.4. The zero-order valence-corrected chi connectivity index (χ0v) is 15.4. The molecule has 0 saturated heterocycles. The molecule has 26 heavy (non-hydrogen) atoms. The molecule has 0 aliphatic carbocycles. The maximum atomic E-state index is 12.0. The van der Waals surface area contributed by atoms with Crippen LogP contribution in [0.25, 0.3) is 11.4 Å². The maximum Gasteiger partial charge on any atom is 0.249 e. The monoisotopic (exact) mass is 362 g/mol. The standard InChI is InChI=1S/C18H26N4O4/c1-12(20-16(23)7-5-4-6-8-19)18-21-17(22-26-18)13-9-14(24-2)11-15(10-13)25-3/h9-12H,4-8,19H2,1-3H3,(H,20,23). The van der Waals surface area contributed by atoms with E-state index in [-0.39, 0.29) is 11.9 Å². The van der Waals surface area contributed by atoms with Crippen LogP contribution < -0.4 is 20.5 Å². The molecule has 0 aliphatic heterocycles. The first kappa shape index (κ1) is 19.7. The van der Waals surface area contributed by atoms with Crippen LogP contribution in [-0.2, 0) is 4.79 Å². The van der Waals surface area contributed by atoms with Gasteiger partial charge in [-0.05, 0) is 38.4 Å². The van der Waals surface area contributed by atoms with Gasteiger partial charge in [-0.1, -0.05) is 11.6 Å². The number of nitrogens with two attached hydrogens (primary N) is 1. The van der Waals surface area contributed by atoms with Crippen molar-refractivity contribution in [1.82, 2.24) is 15.5 Å². The molecule has 1 amide bonds. The van der Waals surface area contributed by atoms with E-state index in [2.05, 4.69) is 15.5 Å². The van der Waals surface area contributed by atoms with Gasteiger partial charge in [-0.25, -0.2) is 0 Å². The molecule has 8 heteroatoms. The molecule has 1 aromatic carbocycles. The second kappa shape index (κ2) is 9.76. The van der Waals surface area contributed by atoms with Gasteiger partial charge in [0.1, 0.15) is 17.5 Å². The van der Waals surface area contributed by atoms with Crippen LogP contribution in [0.15, 0.2) is 22.7 Å². The summed E-state index contributed by atoms with van der Waals surface area (Å²) in [7, 11) is 3.15. The van der Waals surface area contributed by atoms with E-state index in [4.69, 9.17) is 19.7 Å². The molecule has 8 nitrogen and oxygen atoms in total. The molecule has 0 spiro atoms. The van der Waals surface area contributed by atoms with Crippen molar-refractivity contribution in [3.8, 4) is 22.9 Å². The van der Waals surface area contributed by atoms with Crippen molar-refractivity contribution in [2.45, 2.75) is 38.6 Å². The molecule has 1 atom stereocenters. The van der Waals surface area contributed by atoms with Crippen molar-refractivity contribution in [3.05, 3.63) is 24.1 Å². The van der Waals surface area contributed by atoms with Crippen molar-refractivity contribution >= 4 is 5.91 Å². The van der Waals surface area contributed by atoms with E-state index in [1.165, 1.54) is 0 Å². The Hall–Kier alpha value is -2.61. The van der Waals surface area contributed by atoms with E-state index in [0.717, 1.165) is 19.3 Å². The van der Waals surface area contributed by atoms with Gasteiger partial charge in [0.2, 0.25) is 17.6 Å². The minimum absolute atomic E-state index is 0.0441. The summed E-state index contributed by atoms with van der Waals surface area (Å²) in [6.45, 7) is 2.46. The Morgan fingerprint density at radius 3 is 2.50 bits per heavy atom. The van der Waals surface area contributed by atoms with Crippen molar-refractivity contribution in [3.63, 3.8) is 0 Å². The second-order valence-corrected chi connectivity index (χ2v) is 5.95. The molecule has 2 rings (SSSR count). The smallest absolute Gasteiger partial charge is 0.249 e. The van der Waals surface area contributed by atoms with E-state index < -0.39 is 0 Å². The number of ether oxygens (including phenoxy) is 2. The molecular formula is C18H26N4O4. The summed E-state index contributed by atoms with van der Waals surface area (Å²) in [4.78, 5) is 16.3. The number of benzene rings is 1. The van der Waals surface area contributed by atoms with Crippen molar-refractivity contribution in [2.24, 2.45) is 5.73 Å². The predicted octanol–water partition coefficient (Wildman–Crippen LogP) is 2.45. The number of amides is 1. The van der Waals surface area contributed by atoms with Crippen LogP contribution in [0.2, 0.25) is 0 Å². The molecule has 2 aromatic rings. The van der Waals surface area contributed by atoms with Crippen LogP contribution in [0.3, 0.4) is 0 Å². The lowest BCUT2D eigenvalue weighted by molar-refractivity contribution is -0.122. The molecule has 3 N–H and O–H groups in total. The Morgan fingerprint density at radius 1 is 1.19 bits per heavy atom. The highest BCUT2D eigenvalue weighted by atomic mass is 16.5. The van der Waals surface area contributed by atoms with Gasteiger partial charge in [0.05, 0.1) is 14.2 Å². The summed E-state index contributed by atoms with van der Waals surface area (Å²) in [5, 5.41) is 6.86. The summed E-state index contributed by atoms with van der Waals surface area (Å²) in [5.74, 6) is 1.96. The minimum atomic E-state index is -0.370. The summed E-state index contributed by atoms with van der Waals surface area (Å²) in [5.41, 5.74) is 6.15. The number of hydrogen-bond donors (Lipinski definition) is 2. The Labute approximate surface area is 153 Å². The lowest BCUT2D eigenvalue weighted by Crippen LogP contribution is -2.26. The van der Waals surface area contributed by atoms with E-state index in [1.54, 1.807) is 39.3 Å². The van der Waals surface area contributed by atoms with E-state index in [9.17, 15) is 4.79 Å². The highest BCUT2D eigenvalue weighted by Gasteiger charge is 2.18. The molecule has 1 aromatic heterocycles. The fourth-order valence-corrected chi connectivity index (χ4v) is 2.45. The largest absolute Gasteiger partial charge is 0.497 e. The molecule has 1 heterocycles. The lowest BCUT2D eigenvalue weighted by atomic mass is 10.2. The SMILES string of the molecule is COc1cc(OC)cc(-c2noc(C(C)NC(=O)CCCCCN)n2)c1. The summed E-state index contributed by atoms with van der Waals surface area (Å²) in [6, 6.07) is 4.97. The molecule has 142 valence electrons. The van der Waals surface area contributed by atoms with Gasteiger partial charge in [-0.2, -0.15) is 4.98 Å². The zero-order chi connectivity index (χ0) is 18.9. The average molecular weight is 362 g/mol. The Balaban J connectivity index is 2.01. The van der Waals surface area contributed by atoms with Gasteiger partial charge in [0.25, 0.3) is 0 Å². The quantitative estimate of drug-likeness (QED) is 0.624. The number of rotatable bonds is 10. The normalized spacial score (nSPS) is 11.8. The molecular weight excluding hydrogens is 336 g/mol. The molecule has 0 bridgehead atoms. The van der Waals surface area contributed by atoms with Crippen LogP contribution in [0, 0.1) is 0 Å². The van der Waals surface area contributed by atoms with Gasteiger partial charge in [0.15, 0.2) is 0 Å². The van der Waals surface area contributed by atoms with Crippen molar-refractivity contribution in [2.75, 3.05) is 20.8 Å². The third kappa shape index (κ3) is 5.45. The predicted molar refractivity (Wildman–Crippen MR) is 96.9 cm³/mol. The van der Waals surface area contributed by atoms with Crippen molar-refractivity contribution in [1.29, 1.82) is 0 Å². The fourth-order valence-electron chi connectivity index (χ4n) is 2.45. The van der Waals surface area contributed by atoms with Crippen LogP contribution in [0.4, 0.5) is 0 Å². The van der Waals surface area contributed by atoms with E-state index >= 15 is 0 Å². The van der Waals surface area contributed by atoms with Gasteiger partial charge in [-0.3, -0.25) is 4.79 Å². The number of methoxy groups -OCH3 is 2. The third-order valence-electron chi connectivity index (χ3n) is 3.91. The lowest BCUT2D eigenvalue weighted by Gasteiger charge is -2.09. The number of carbonyl (C=O) groups excluding carboxylic acids is 1. The first-order chi connectivity index (χ1) is 12.6. The summed E-state index contributed by atoms with van der Waals surface area (Å²) < 4.78 is 15.8. The second-order valence-electron chi connectivity index (χ2n) is 5.95. The average Bonchev–Trinajstić information content (AvgIpc) is 3.15. The van der Waals surface area contributed by atoms with Gasteiger partial charge >= 0.3 is 0 Å². The maximum absolute atomic E-state index is 12.0. The number of unbranched alkanes of at least 4 members (excludes halogenated alkanes) is 2. The Kier molecular flexibility index (Phi) is 7.40. The first-order valence-corrected chi connectivity index (χ1v) is 8.63. The van der Waals surface area contributed by atoms with E-state index in [0.29, 0.717) is 41.7 Å². The van der Waals surface area contributed by atoms with E-state index in [1.807, 2.05) is 0 Å². The Bertz CT molecular complexity index is 695. The molecule has 0 aliphatic rings. The number of nitrogens with one attached hydrogen (secondary N) is 1. The van der Waals surface area contributed by atoms with Crippen LogP contribution in [0.1, 0.15) is 44.5 Å². The number of hydrogen-bond acceptors (Lipinski definition) is 7. The van der Waals surface area contributed by atoms with Crippen LogP contribution in [-0.4, -0.2) is 36.8 Å². The molecule has 0 saturated carbocycles. The summed E-state index contributed by atoms with van der Waals surface area (Å²) in [6.07, 6.45) is 3.15. The van der Waals surface area contributed by atoms with Gasteiger partial charge in [-0.15, -0.1) is 0 Å². The number of carbonyl (C=O) groups is 1. The first-order valence-electron chi connectivity index (χ1n) is 8.63. The minimum Gasteiger partial charge on any atom is -0.497 e.